The lowest BCUT2D eigenvalue weighted by atomic mass is 10.2. The maximum absolute atomic E-state index is 13.2. The molecular formula is C23H23N3O3S. The molecular weight excluding hydrogens is 398 g/mol. The molecule has 30 heavy (non-hydrogen) atoms. The van der Waals surface area contributed by atoms with E-state index in [4.69, 9.17) is 15.5 Å². The molecule has 0 bridgehead atoms. The second-order valence-electron chi connectivity index (χ2n) is 7.28. The summed E-state index contributed by atoms with van der Waals surface area (Å²) in [7, 11) is 0. The van der Waals surface area contributed by atoms with Gasteiger partial charge in [-0.1, -0.05) is 43.2 Å². The summed E-state index contributed by atoms with van der Waals surface area (Å²) in [6.45, 7) is -0.162. The normalized spacial score (nSPS) is 19.7. The molecule has 1 saturated heterocycles. The first-order valence-electron chi connectivity index (χ1n) is 9.98. The first-order valence-corrected chi connectivity index (χ1v) is 10.8. The fraction of sp³-hybridized carbons (Fsp3) is 0.261. The number of benzene rings is 2. The molecule has 1 aliphatic carbocycles. The molecule has 1 saturated carbocycles. The highest BCUT2D eigenvalue weighted by Gasteiger charge is 2.39. The molecule has 0 spiro atoms. The number of hydrogen-bond acceptors (Lipinski definition) is 5. The fourth-order valence-electron chi connectivity index (χ4n) is 3.63. The number of ether oxygens (including phenoxy) is 1. The van der Waals surface area contributed by atoms with E-state index >= 15 is 0 Å². The molecule has 2 fully saturated rings. The van der Waals surface area contributed by atoms with Gasteiger partial charge in [0, 0.05) is 6.04 Å². The predicted molar refractivity (Wildman–Crippen MR) is 119 cm³/mol. The standard InChI is InChI=1S/C23H23N3O3S/c24-21(27)15-29-19-12-10-16(11-13-19)14-20-22(28)26(18-8-4-5-9-18)23(30-20)25-17-6-2-1-3-7-17/h1-3,6-7,10-14,18H,4-5,8-9,15H2,(H2,24,27)/b20-14-,25-23?. The average Bonchev–Trinajstić information content (AvgIpc) is 3.37. The van der Waals surface area contributed by atoms with Crippen molar-refractivity contribution in [2.75, 3.05) is 6.61 Å². The van der Waals surface area contributed by atoms with Gasteiger partial charge in [-0.25, -0.2) is 4.99 Å². The quantitative estimate of drug-likeness (QED) is 0.712. The van der Waals surface area contributed by atoms with Crippen molar-refractivity contribution in [3.8, 4) is 5.75 Å². The number of carbonyl (C=O) groups excluding carboxylic acids is 2. The molecule has 2 aromatic carbocycles. The largest absolute Gasteiger partial charge is 0.484 e. The van der Waals surface area contributed by atoms with Gasteiger partial charge in [0.2, 0.25) is 0 Å². The van der Waals surface area contributed by atoms with Gasteiger partial charge in [0.25, 0.3) is 11.8 Å². The monoisotopic (exact) mass is 421 g/mol. The van der Waals surface area contributed by atoms with Gasteiger partial charge >= 0.3 is 0 Å². The van der Waals surface area contributed by atoms with Crippen LogP contribution in [0.2, 0.25) is 0 Å². The molecule has 0 radical (unpaired) electrons. The van der Waals surface area contributed by atoms with Gasteiger partial charge in [-0.3, -0.25) is 14.5 Å². The molecule has 2 aromatic rings. The van der Waals surface area contributed by atoms with Crippen molar-refractivity contribution >= 4 is 40.5 Å². The lowest BCUT2D eigenvalue weighted by Gasteiger charge is -2.22. The van der Waals surface area contributed by atoms with Crippen molar-refractivity contribution in [1.82, 2.24) is 4.90 Å². The third-order valence-corrected chi connectivity index (χ3v) is 6.05. The Hall–Kier alpha value is -3.06. The number of aliphatic imine (C=N–C) groups is 1. The Kier molecular flexibility index (Phi) is 6.18. The van der Waals surface area contributed by atoms with Gasteiger partial charge in [-0.15, -0.1) is 0 Å². The summed E-state index contributed by atoms with van der Waals surface area (Å²) in [5.74, 6) is 0.0438. The van der Waals surface area contributed by atoms with E-state index < -0.39 is 5.91 Å². The molecule has 0 atom stereocenters. The van der Waals surface area contributed by atoms with E-state index in [0.29, 0.717) is 10.7 Å². The molecule has 7 heteroatoms. The summed E-state index contributed by atoms with van der Waals surface area (Å²) < 4.78 is 5.29. The summed E-state index contributed by atoms with van der Waals surface area (Å²) >= 11 is 1.42. The molecule has 2 aliphatic rings. The van der Waals surface area contributed by atoms with Crippen LogP contribution in [0.15, 0.2) is 64.5 Å². The van der Waals surface area contributed by atoms with Crippen LogP contribution in [-0.2, 0) is 9.59 Å². The SMILES string of the molecule is NC(=O)COc1ccc(/C=C2\SC(=Nc3ccccc3)N(C3CCCC3)C2=O)cc1. The molecule has 2 N–H and O–H groups in total. The zero-order valence-corrected chi connectivity index (χ0v) is 17.3. The Morgan fingerprint density at radius 3 is 2.50 bits per heavy atom. The minimum atomic E-state index is -0.522. The van der Waals surface area contributed by atoms with Gasteiger partial charge in [0.05, 0.1) is 10.6 Å². The van der Waals surface area contributed by atoms with Crippen molar-refractivity contribution in [1.29, 1.82) is 0 Å². The topological polar surface area (TPSA) is 85.0 Å². The van der Waals surface area contributed by atoms with E-state index in [1.165, 1.54) is 11.8 Å². The van der Waals surface area contributed by atoms with Gasteiger partial charge < -0.3 is 10.5 Å². The Labute approximate surface area is 179 Å². The fourth-order valence-corrected chi connectivity index (χ4v) is 4.69. The Morgan fingerprint density at radius 2 is 1.83 bits per heavy atom. The second kappa shape index (κ2) is 9.17. The first-order chi connectivity index (χ1) is 14.6. The van der Waals surface area contributed by atoms with E-state index in [2.05, 4.69) is 0 Å². The van der Waals surface area contributed by atoms with Crippen LogP contribution in [0.25, 0.3) is 6.08 Å². The van der Waals surface area contributed by atoms with Crippen molar-refractivity contribution < 1.29 is 14.3 Å². The average molecular weight is 422 g/mol. The molecule has 154 valence electrons. The molecule has 1 aliphatic heterocycles. The Morgan fingerprint density at radius 1 is 1.13 bits per heavy atom. The van der Waals surface area contributed by atoms with Crippen LogP contribution in [0.3, 0.4) is 0 Å². The van der Waals surface area contributed by atoms with Crippen LogP contribution in [0, 0.1) is 0 Å². The minimum Gasteiger partial charge on any atom is -0.484 e. The predicted octanol–water partition coefficient (Wildman–Crippen LogP) is 4.10. The number of rotatable bonds is 6. The van der Waals surface area contributed by atoms with Crippen LogP contribution in [-0.4, -0.2) is 34.5 Å². The zero-order chi connectivity index (χ0) is 20.9. The van der Waals surface area contributed by atoms with Crippen LogP contribution in [0.1, 0.15) is 31.2 Å². The number of primary amides is 1. The summed E-state index contributed by atoms with van der Waals surface area (Å²) in [5, 5.41) is 0.741. The van der Waals surface area contributed by atoms with E-state index in [-0.39, 0.29) is 18.6 Å². The number of amidine groups is 1. The van der Waals surface area contributed by atoms with Crippen LogP contribution < -0.4 is 10.5 Å². The first kappa shape index (κ1) is 20.2. The smallest absolute Gasteiger partial charge is 0.267 e. The van der Waals surface area contributed by atoms with Gasteiger partial charge in [0.15, 0.2) is 11.8 Å². The number of amides is 2. The number of thioether (sulfide) groups is 1. The molecule has 1 heterocycles. The molecule has 4 rings (SSSR count). The number of nitrogens with two attached hydrogens (primary N) is 1. The maximum Gasteiger partial charge on any atom is 0.267 e. The number of nitrogens with zero attached hydrogens (tertiary/aromatic N) is 2. The van der Waals surface area contributed by atoms with E-state index in [0.717, 1.165) is 42.1 Å². The molecule has 2 amide bonds. The number of carbonyl (C=O) groups is 2. The third kappa shape index (κ3) is 4.74. The van der Waals surface area contributed by atoms with Crippen LogP contribution in [0.5, 0.6) is 5.75 Å². The second-order valence-corrected chi connectivity index (χ2v) is 8.29. The Bertz CT molecular complexity index is 981. The van der Waals surface area contributed by atoms with Gasteiger partial charge in [0.1, 0.15) is 5.75 Å². The maximum atomic E-state index is 13.2. The third-order valence-electron chi connectivity index (χ3n) is 5.07. The number of para-hydroxylation sites is 1. The van der Waals surface area contributed by atoms with Crippen LogP contribution >= 0.6 is 11.8 Å². The highest BCUT2D eigenvalue weighted by molar-refractivity contribution is 8.18. The van der Waals surface area contributed by atoms with Crippen molar-refractivity contribution in [2.24, 2.45) is 10.7 Å². The summed E-state index contributed by atoms with van der Waals surface area (Å²) in [4.78, 5) is 31.4. The van der Waals surface area contributed by atoms with E-state index in [1.54, 1.807) is 12.1 Å². The Balaban J connectivity index is 1.58. The highest BCUT2D eigenvalue weighted by Crippen LogP contribution is 2.39. The summed E-state index contributed by atoms with van der Waals surface area (Å²) in [6, 6.07) is 17.1. The zero-order valence-electron chi connectivity index (χ0n) is 16.5. The van der Waals surface area contributed by atoms with Gasteiger partial charge in [-0.2, -0.15) is 0 Å². The van der Waals surface area contributed by atoms with E-state index in [9.17, 15) is 9.59 Å². The molecule has 6 nitrogen and oxygen atoms in total. The number of hydrogen-bond donors (Lipinski definition) is 1. The lowest BCUT2D eigenvalue weighted by molar-refractivity contribution is -0.123. The molecule has 0 aromatic heterocycles. The van der Waals surface area contributed by atoms with Crippen molar-refractivity contribution in [2.45, 2.75) is 31.7 Å². The summed E-state index contributed by atoms with van der Waals surface area (Å²) in [6.07, 6.45) is 6.19. The highest BCUT2D eigenvalue weighted by atomic mass is 32.2. The van der Waals surface area contributed by atoms with E-state index in [1.807, 2.05) is 53.4 Å². The van der Waals surface area contributed by atoms with Gasteiger partial charge in [-0.05, 0) is 60.5 Å². The lowest BCUT2D eigenvalue weighted by Crippen LogP contribution is -2.37. The summed E-state index contributed by atoms with van der Waals surface area (Å²) in [5.41, 5.74) is 6.82. The van der Waals surface area contributed by atoms with Crippen molar-refractivity contribution in [3.05, 3.63) is 65.1 Å². The minimum absolute atomic E-state index is 0.00985. The molecule has 0 unspecified atom stereocenters. The van der Waals surface area contributed by atoms with Crippen LogP contribution in [0.4, 0.5) is 5.69 Å². The van der Waals surface area contributed by atoms with Crippen molar-refractivity contribution in [3.63, 3.8) is 0 Å².